The molecule has 0 unspecified atom stereocenters. The number of ether oxygens (including phenoxy) is 2. The van der Waals surface area contributed by atoms with E-state index in [9.17, 15) is 22.0 Å². The third-order valence-electron chi connectivity index (χ3n) is 2.39. The van der Waals surface area contributed by atoms with Crippen molar-refractivity contribution in [3.05, 3.63) is 54.6 Å². The summed E-state index contributed by atoms with van der Waals surface area (Å²) in [4.78, 5) is 0. The molecule has 0 saturated carbocycles. The first-order chi connectivity index (χ1) is 9.79. The molecule has 0 aromatic heterocycles. The first kappa shape index (κ1) is 15.1. The highest BCUT2D eigenvalue weighted by atomic mass is 19.4. The second-order valence-electron chi connectivity index (χ2n) is 3.98. The van der Waals surface area contributed by atoms with Gasteiger partial charge in [0.25, 0.3) is 0 Å². The van der Waals surface area contributed by atoms with Crippen molar-refractivity contribution < 1.29 is 31.4 Å². The molecule has 0 heterocycles. The van der Waals surface area contributed by atoms with E-state index >= 15 is 0 Å². The minimum atomic E-state index is -5.81. The van der Waals surface area contributed by atoms with Crippen LogP contribution in [-0.2, 0) is 0 Å². The van der Waals surface area contributed by atoms with Crippen molar-refractivity contribution in [2.75, 3.05) is 0 Å². The Hall–Kier alpha value is -2.31. The fraction of sp³-hybridized carbons (Fsp3) is 0.143. The van der Waals surface area contributed by atoms with E-state index in [1.165, 1.54) is 30.3 Å². The van der Waals surface area contributed by atoms with Crippen LogP contribution >= 0.6 is 0 Å². The lowest BCUT2D eigenvalue weighted by molar-refractivity contribution is -0.360. The van der Waals surface area contributed by atoms with Gasteiger partial charge in [-0.15, -0.1) is 0 Å². The van der Waals surface area contributed by atoms with Crippen molar-refractivity contribution in [2.24, 2.45) is 0 Å². The molecular formula is C14H9F5O2. The Morgan fingerprint density at radius 1 is 0.667 bits per heavy atom. The van der Waals surface area contributed by atoms with E-state index in [1.54, 1.807) is 18.2 Å². The zero-order chi connectivity index (χ0) is 15.5. The Morgan fingerprint density at radius 3 is 1.76 bits per heavy atom. The van der Waals surface area contributed by atoms with E-state index in [4.69, 9.17) is 4.74 Å². The van der Waals surface area contributed by atoms with E-state index in [2.05, 4.69) is 4.74 Å². The number of benzene rings is 2. The van der Waals surface area contributed by atoms with Crippen molar-refractivity contribution in [2.45, 2.75) is 12.3 Å². The van der Waals surface area contributed by atoms with E-state index < -0.39 is 18.0 Å². The van der Waals surface area contributed by atoms with Gasteiger partial charge in [0.15, 0.2) is 11.5 Å². The highest BCUT2D eigenvalue weighted by Gasteiger charge is 2.61. The fourth-order valence-corrected chi connectivity index (χ4v) is 1.43. The SMILES string of the molecule is FC(F)(F)C(F)(F)Oc1ccccc1Oc1ccccc1. The lowest BCUT2D eigenvalue weighted by atomic mass is 10.3. The molecule has 0 atom stereocenters. The highest BCUT2D eigenvalue weighted by Crippen LogP contribution is 2.41. The van der Waals surface area contributed by atoms with E-state index in [0.29, 0.717) is 0 Å². The summed E-state index contributed by atoms with van der Waals surface area (Å²) < 4.78 is 71.4. The molecule has 0 radical (unpaired) electrons. The zero-order valence-corrected chi connectivity index (χ0v) is 10.4. The van der Waals surface area contributed by atoms with Gasteiger partial charge in [-0.05, 0) is 24.3 Å². The lowest BCUT2D eigenvalue weighted by Gasteiger charge is -2.21. The molecule has 0 saturated heterocycles. The van der Waals surface area contributed by atoms with Crippen LogP contribution in [0.1, 0.15) is 0 Å². The van der Waals surface area contributed by atoms with Crippen LogP contribution in [0.4, 0.5) is 22.0 Å². The summed E-state index contributed by atoms with van der Waals surface area (Å²) in [5.74, 6) is -0.667. The van der Waals surface area contributed by atoms with Crippen LogP contribution in [-0.4, -0.2) is 12.3 Å². The molecule has 21 heavy (non-hydrogen) atoms. The van der Waals surface area contributed by atoms with Gasteiger partial charge in [0.1, 0.15) is 5.75 Å². The molecule has 0 bridgehead atoms. The smallest absolute Gasteiger partial charge is 0.453 e. The van der Waals surface area contributed by atoms with Gasteiger partial charge in [-0.3, -0.25) is 0 Å². The molecule has 112 valence electrons. The molecule has 2 nitrogen and oxygen atoms in total. The molecule has 0 aliphatic heterocycles. The summed E-state index contributed by atoms with van der Waals surface area (Å²) in [5, 5.41) is 0. The van der Waals surface area contributed by atoms with Gasteiger partial charge < -0.3 is 9.47 Å². The van der Waals surface area contributed by atoms with Crippen LogP contribution < -0.4 is 9.47 Å². The number of rotatable bonds is 4. The van der Waals surface area contributed by atoms with Gasteiger partial charge in [-0.1, -0.05) is 30.3 Å². The number of hydrogen-bond donors (Lipinski definition) is 0. The average Bonchev–Trinajstić information content (AvgIpc) is 2.40. The lowest BCUT2D eigenvalue weighted by Crippen LogP contribution is -2.41. The third kappa shape index (κ3) is 3.62. The van der Waals surface area contributed by atoms with Crippen molar-refractivity contribution >= 4 is 0 Å². The van der Waals surface area contributed by atoms with Crippen molar-refractivity contribution in [1.29, 1.82) is 0 Å². The minimum absolute atomic E-state index is 0.243. The molecule has 7 heteroatoms. The predicted molar refractivity (Wildman–Crippen MR) is 64.6 cm³/mol. The number of alkyl halides is 5. The van der Waals surface area contributed by atoms with Crippen LogP contribution in [0.5, 0.6) is 17.2 Å². The van der Waals surface area contributed by atoms with Crippen molar-refractivity contribution in [3.63, 3.8) is 0 Å². The average molecular weight is 304 g/mol. The van der Waals surface area contributed by atoms with E-state index in [-0.39, 0.29) is 11.5 Å². The molecule has 0 amide bonds. The highest BCUT2D eigenvalue weighted by molar-refractivity contribution is 5.42. The van der Waals surface area contributed by atoms with Crippen LogP contribution in [0.3, 0.4) is 0 Å². The number of hydrogen-bond acceptors (Lipinski definition) is 2. The van der Waals surface area contributed by atoms with Crippen LogP contribution in [0.25, 0.3) is 0 Å². The molecule has 0 aliphatic rings. The Balaban J connectivity index is 2.26. The van der Waals surface area contributed by atoms with Gasteiger partial charge in [0.2, 0.25) is 0 Å². The van der Waals surface area contributed by atoms with Gasteiger partial charge in [-0.25, -0.2) is 0 Å². The first-order valence-electron chi connectivity index (χ1n) is 5.75. The molecule has 2 aromatic rings. The first-order valence-corrected chi connectivity index (χ1v) is 5.75. The molecular weight excluding hydrogens is 295 g/mol. The summed E-state index contributed by atoms with van der Waals surface area (Å²) in [5.41, 5.74) is 0. The quantitative estimate of drug-likeness (QED) is 0.739. The second kappa shape index (κ2) is 5.59. The molecule has 0 fully saturated rings. The third-order valence-corrected chi connectivity index (χ3v) is 2.39. The Bertz CT molecular complexity index is 596. The second-order valence-corrected chi connectivity index (χ2v) is 3.98. The standard InChI is InChI=1S/C14H9F5O2/c15-13(16,17)14(18,19)21-12-9-5-4-8-11(12)20-10-6-2-1-3-7-10/h1-9H. The maximum Gasteiger partial charge on any atom is 0.499 e. The molecule has 0 N–H and O–H groups in total. The molecule has 2 aromatic carbocycles. The minimum Gasteiger partial charge on any atom is -0.453 e. The maximum atomic E-state index is 12.9. The Morgan fingerprint density at radius 2 is 1.19 bits per heavy atom. The summed E-state index contributed by atoms with van der Waals surface area (Å²) in [6, 6.07) is 12.9. The Kier molecular flexibility index (Phi) is 4.02. The van der Waals surface area contributed by atoms with Gasteiger partial charge in [0, 0.05) is 0 Å². The van der Waals surface area contributed by atoms with Crippen LogP contribution in [0.15, 0.2) is 54.6 Å². The van der Waals surface area contributed by atoms with Gasteiger partial charge in [-0.2, -0.15) is 22.0 Å². The van der Waals surface area contributed by atoms with E-state index in [1.807, 2.05) is 0 Å². The monoisotopic (exact) mass is 304 g/mol. The van der Waals surface area contributed by atoms with Crippen LogP contribution in [0, 0.1) is 0 Å². The maximum absolute atomic E-state index is 12.9. The summed E-state index contributed by atoms with van der Waals surface area (Å²) in [7, 11) is 0. The van der Waals surface area contributed by atoms with Crippen molar-refractivity contribution in [3.8, 4) is 17.2 Å². The fourth-order valence-electron chi connectivity index (χ4n) is 1.43. The Labute approximate surface area is 116 Å². The van der Waals surface area contributed by atoms with Crippen molar-refractivity contribution in [1.82, 2.24) is 0 Å². The van der Waals surface area contributed by atoms with E-state index in [0.717, 1.165) is 6.07 Å². The predicted octanol–water partition coefficient (Wildman–Crippen LogP) is 5.01. The van der Waals surface area contributed by atoms with Gasteiger partial charge in [0.05, 0.1) is 0 Å². The normalized spacial score (nSPS) is 12.0. The zero-order valence-electron chi connectivity index (χ0n) is 10.4. The van der Waals surface area contributed by atoms with Crippen LogP contribution in [0.2, 0.25) is 0 Å². The van der Waals surface area contributed by atoms with Gasteiger partial charge >= 0.3 is 12.3 Å². The molecule has 0 spiro atoms. The number of halogens is 5. The topological polar surface area (TPSA) is 18.5 Å². The summed E-state index contributed by atoms with van der Waals surface area (Å²) >= 11 is 0. The number of para-hydroxylation sites is 3. The molecule has 0 aliphatic carbocycles. The summed E-state index contributed by atoms with van der Waals surface area (Å²) in [6.07, 6.45) is -11.1. The molecule has 2 rings (SSSR count). The summed E-state index contributed by atoms with van der Waals surface area (Å²) in [6.45, 7) is 0. The largest absolute Gasteiger partial charge is 0.499 e.